The molecule has 0 amide bonds. The number of H-pyrrole nitrogens is 1. The molecular formula is C21H19N9O. The number of hydrogen-bond acceptors (Lipinski definition) is 9. The molecule has 3 heterocycles. The van der Waals surface area contributed by atoms with Crippen LogP contribution >= 0.6 is 0 Å². The van der Waals surface area contributed by atoms with Crippen LogP contribution in [0.3, 0.4) is 0 Å². The molecule has 1 aromatic carbocycles. The van der Waals surface area contributed by atoms with Gasteiger partial charge in [-0.15, -0.1) is 0 Å². The Hall–Kier alpha value is -4.52. The Morgan fingerprint density at radius 1 is 1.10 bits per heavy atom. The zero-order valence-electron chi connectivity index (χ0n) is 16.5. The molecule has 0 aliphatic rings. The smallest absolute Gasteiger partial charge is 0.323 e. The number of benzene rings is 1. The van der Waals surface area contributed by atoms with Gasteiger partial charge in [-0.05, 0) is 18.2 Å². The lowest BCUT2D eigenvalue weighted by molar-refractivity contribution is 0.295. The van der Waals surface area contributed by atoms with Crippen LogP contribution in [0, 0.1) is 11.3 Å². The van der Waals surface area contributed by atoms with Crippen molar-refractivity contribution in [1.82, 2.24) is 24.9 Å². The molecule has 154 valence electrons. The highest BCUT2D eigenvalue weighted by atomic mass is 16.5. The fourth-order valence-corrected chi connectivity index (χ4v) is 2.82. The van der Waals surface area contributed by atoms with Crippen LogP contribution in [0.1, 0.15) is 11.3 Å². The Balaban J connectivity index is 1.45. The minimum absolute atomic E-state index is 0.0510. The van der Waals surface area contributed by atoms with Gasteiger partial charge in [0.15, 0.2) is 0 Å². The first kappa shape index (κ1) is 19.8. The number of fused-ring (bicyclic) bond motifs is 1. The van der Waals surface area contributed by atoms with E-state index in [0.717, 1.165) is 22.2 Å². The molecule has 10 nitrogen and oxygen atoms in total. The first-order valence-corrected chi connectivity index (χ1v) is 9.56. The lowest BCUT2D eigenvalue weighted by Crippen LogP contribution is -2.11. The zero-order valence-corrected chi connectivity index (χ0v) is 16.5. The third kappa shape index (κ3) is 5.30. The third-order valence-corrected chi connectivity index (χ3v) is 4.25. The van der Waals surface area contributed by atoms with Crippen LogP contribution < -0.4 is 15.5 Å². The number of anilines is 2. The average Bonchev–Trinajstić information content (AvgIpc) is 3.22. The highest BCUT2D eigenvalue weighted by Gasteiger charge is 2.08. The molecule has 4 aromatic rings. The van der Waals surface area contributed by atoms with Gasteiger partial charge in [-0.2, -0.15) is 25.3 Å². The maximum atomic E-state index is 8.80. The normalized spacial score (nSPS) is 10.8. The van der Waals surface area contributed by atoms with E-state index >= 15 is 0 Å². The molecule has 31 heavy (non-hydrogen) atoms. The summed E-state index contributed by atoms with van der Waals surface area (Å²) in [5.41, 5.74) is 5.64. The fourth-order valence-electron chi connectivity index (χ4n) is 2.82. The zero-order chi connectivity index (χ0) is 21.3. The highest BCUT2D eigenvalue weighted by molar-refractivity contribution is 5.99. The van der Waals surface area contributed by atoms with Crippen LogP contribution in [0.2, 0.25) is 0 Å². The van der Waals surface area contributed by atoms with Crippen LogP contribution in [-0.4, -0.2) is 44.3 Å². The van der Waals surface area contributed by atoms with Gasteiger partial charge in [0.1, 0.15) is 6.54 Å². The van der Waals surface area contributed by atoms with E-state index in [-0.39, 0.29) is 24.5 Å². The number of para-hydroxylation sites is 1. The Morgan fingerprint density at radius 3 is 2.84 bits per heavy atom. The van der Waals surface area contributed by atoms with Crippen molar-refractivity contribution in [2.45, 2.75) is 6.42 Å². The van der Waals surface area contributed by atoms with Crippen molar-refractivity contribution in [3.05, 3.63) is 66.1 Å². The number of pyridine rings is 1. The van der Waals surface area contributed by atoms with Gasteiger partial charge in [0.25, 0.3) is 5.95 Å². The minimum Gasteiger partial charge on any atom is -0.463 e. The van der Waals surface area contributed by atoms with E-state index in [4.69, 9.17) is 10.00 Å². The number of nitriles is 1. The van der Waals surface area contributed by atoms with E-state index in [1.165, 1.54) is 0 Å². The highest BCUT2D eigenvalue weighted by Crippen LogP contribution is 2.16. The van der Waals surface area contributed by atoms with Gasteiger partial charge in [0, 0.05) is 41.0 Å². The summed E-state index contributed by atoms with van der Waals surface area (Å²) in [6.07, 6.45) is 5.88. The second-order valence-electron chi connectivity index (χ2n) is 6.36. The predicted molar refractivity (Wildman–Crippen MR) is 117 cm³/mol. The number of aromatic amines is 1. The standard InChI is InChI=1S/C21H19N9O/c22-9-11-24-19-27-20(29-21(28-19)31-12-8-16-5-3-4-10-23-16)30-26-14-15-13-25-18-7-2-1-6-17(15)18/h1-7,10,13-14,25H,8,11-12H2,(H2,24,27,28,29,30)/b26-14-. The summed E-state index contributed by atoms with van der Waals surface area (Å²) in [4.78, 5) is 20.1. The number of hydrogen-bond donors (Lipinski definition) is 3. The third-order valence-electron chi connectivity index (χ3n) is 4.25. The lowest BCUT2D eigenvalue weighted by atomic mass is 10.2. The second-order valence-corrected chi connectivity index (χ2v) is 6.36. The molecular weight excluding hydrogens is 394 g/mol. The van der Waals surface area contributed by atoms with Crippen LogP contribution in [0.25, 0.3) is 10.9 Å². The second kappa shape index (κ2) is 9.80. The summed E-state index contributed by atoms with van der Waals surface area (Å²) in [6, 6.07) is 15.7. The van der Waals surface area contributed by atoms with Crippen LogP contribution in [-0.2, 0) is 6.42 Å². The molecule has 0 fully saturated rings. The molecule has 0 saturated carbocycles. The van der Waals surface area contributed by atoms with Crippen molar-refractivity contribution >= 4 is 29.0 Å². The minimum atomic E-state index is 0.0510. The fraction of sp³-hybridized carbons (Fsp3) is 0.143. The summed E-state index contributed by atoms with van der Waals surface area (Å²) < 4.78 is 5.66. The van der Waals surface area contributed by atoms with Crippen LogP contribution in [0.4, 0.5) is 11.9 Å². The van der Waals surface area contributed by atoms with E-state index in [0.29, 0.717) is 13.0 Å². The van der Waals surface area contributed by atoms with Gasteiger partial charge in [-0.1, -0.05) is 24.3 Å². The van der Waals surface area contributed by atoms with Gasteiger partial charge < -0.3 is 15.0 Å². The molecule has 0 radical (unpaired) electrons. The van der Waals surface area contributed by atoms with Gasteiger partial charge in [0.05, 0.1) is 18.9 Å². The quantitative estimate of drug-likeness (QED) is 0.216. The molecule has 0 spiro atoms. The summed E-state index contributed by atoms with van der Waals surface area (Å²) in [5.74, 6) is 0.411. The largest absolute Gasteiger partial charge is 0.463 e. The molecule has 10 heteroatoms. The lowest BCUT2D eigenvalue weighted by Gasteiger charge is -2.08. The van der Waals surface area contributed by atoms with E-state index in [1.54, 1.807) is 12.4 Å². The molecule has 0 aliphatic heterocycles. The predicted octanol–water partition coefficient (Wildman–Crippen LogP) is 2.75. The van der Waals surface area contributed by atoms with Gasteiger partial charge in [-0.3, -0.25) is 4.98 Å². The van der Waals surface area contributed by atoms with E-state index in [1.807, 2.05) is 54.7 Å². The molecule has 0 atom stereocenters. The molecule has 3 N–H and O–H groups in total. The number of rotatable bonds is 9. The first-order chi connectivity index (χ1) is 15.3. The molecule has 0 saturated heterocycles. The Morgan fingerprint density at radius 2 is 1.97 bits per heavy atom. The van der Waals surface area contributed by atoms with Gasteiger partial charge in [0.2, 0.25) is 5.95 Å². The number of aromatic nitrogens is 5. The van der Waals surface area contributed by atoms with Crippen molar-refractivity contribution in [1.29, 1.82) is 5.26 Å². The maximum Gasteiger partial charge on any atom is 0.323 e. The monoisotopic (exact) mass is 413 g/mol. The van der Waals surface area contributed by atoms with E-state index in [2.05, 4.69) is 40.8 Å². The summed E-state index contributed by atoms with van der Waals surface area (Å²) in [5, 5.41) is 16.9. The number of nitrogens with one attached hydrogen (secondary N) is 3. The summed E-state index contributed by atoms with van der Waals surface area (Å²) in [7, 11) is 0. The maximum absolute atomic E-state index is 8.80. The summed E-state index contributed by atoms with van der Waals surface area (Å²) in [6.45, 7) is 0.395. The van der Waals surface area contributed by atoms with Crippen LogP contribution in [0.15, 0.2) is 60.0 Å². The molecule has 0 aliphatic carbocycles. The number of nitrogens with zero attached hydrogens (tertiary/aromatic N) is 6. The van der Waals surface area contributed by atoms with Crippen molar-refractivity contribution in [2.75, 3.05) is 23.9 Å². The molecule has 3 aromatic heterocycles. The van der Waals surface area contributed by atoms with Crippen LogP contribution in [0.5, 0.6) is 6.01 Å². The topological polar surface area (TPSA) is 137 Å². The van der Waals surface area contributed by atoms with E-state index < -0.39 is 0 Å². The van der Waals surface area contributed by atoms with Crippen molar-refractivity contribution in [2.24, 2.45) is 5.10 Å². The SMILES string of the molecule is N#CCNc1nc(N/N=C\c2c[nH]c3ccccc23)nc(OCCc2ccccn2)n1. The Kier molecular flexibility index (Phi) is 6.25. The number of ether oxygens (including phenoxy) is 1. The van der Waals surface area contributed by atoms with Crippen molar-refractivity contribution in [3.8, 4) is 12.1 Å². The van der Waals surface area contributed by atoms with Gasteiger partial charge in [-0.25, -0.2) is 5.43 Å². The molecule has 0 bridgehead atoms. The Labute approximate surface area is 178 Å². The average molecular weight is 413 g/mol. The van der Waals surface area contributed by atoms with Crippen molar-refractivity contribution < 1.29 is 4.74 Å². The van der Waals surface area contributed by atoms with E-state index in [9.17, 15) is 0 Å². The van der Waals surface area contributed by atoms with Gasteiger partial charge >= 0.3 is 6.01 Å². The number of hydrazone groups is 1. The molecule has 0 unspecified atom stereocenters. The van der Waals surface area contributed by atoms with Crippen molar-refractivity contribution in [3.63, 3.8) is 0 Å². The first-order valence-electron chi connectivity index (χ1n) is 9.56. The Bertz CT molecular complexity index is 1210. The molecule has 4 rings (SSSR count). The summed E-state index contributed by atoms with van der Waals surface area (Å²) >= 11 is 0.